The summed E-state index contributed by atoms with van der Waals surface area (Å²) in [7, 11) is 0. The van der Waals surface area contributed by atoms with E-state index in [2.05, 4.69) is 29.4 Å². The molecule has 1 atom stereocenters. The van der Waals surface area contributed by atoms with Crippen molar-refractivity contribution in [2.24, 2.45) is 11.8 Å². The zero-order valence-electron chi connectivity index (χ0n) is 14.1. The zero-order valence-corrected chi connectivity index (χ0v) is 15.0. The molecule has 3 rings (SSSR count). The molecule has 0 aromatic heterocycles. The summed E-state index contributed by atoms with van der Waals surface area (Å²) < 4.78 is 13.0. The van der Waals surface area contributed by atoms with Gasteiger partial charge in [-0.25, -0.2) is 4.39 Å². The van der Waals surface area contributed by atoms with Crippen molar-refractivity contribution in [3.8, 4) is 0 Å². The second-order valence-corrected chi connectivity index (χ2v) is 7.59. The number of hydrogen-bond acceptors (Lipinski definition) is 3. The maximum absolute atomic E-state index is 13.0. The highest BCUT2D eigenvalue weighted by Crippen LogP contribution is 2.33. The fourth-order valence-electron chi connectivity index (χ4n) is 4.18. The molecule has 0 spiro atoms. The Bertz CT molecular complexity index is 477. The Hall–Kier alpha value is -0.740. The summed E-state index contributed by atoms with van der Waals surface area (Å²) in [5, 5.41) is 0. The fourth-order valence-corrected chi connectivity index (χ4v) is 4.48. The van der Waals surface area contributed by atoms with E-state index in [4.69, 9.17) is 0 Å². The average Bonchev–Trinajstić information content (AvgIpc) is 2.62. The minimum atomic E-state index is -0.153. The minimum Gasteiger partial charge on any atom is -0.369 e. The quantitative estimate of drug-likeness (QED) is 0.828. The number of halogens is 1. The van der Waals surface area contributed by atoms with Crippen LogP contribution >= 0.6 is 12.6 Å². The minimum absolute atomic E-state index is 0.153. The van der Waals surface area contributed by atoms with Crippen LogP contribution in [0.15, 0.2) is 24.3 Å². The van der Waals surface area contributed by atoms with Crippen LogP contribution in [0.2, 0.25) is 0 Å². The monoisotopic (exact) mass is 336 g/mol. The first-order chi connectivity index (χ1) is 11.2. The van der Waals surface area contributed by atoms with E-state index in [0.717, 1.165) is 55.5 Å². The lowest BCUT2D eigenvalue weighted by atomic mass is 9.79. The van der Waals surface area contributed by atoms with Crippen molar-refractivity contribution in [3.05, 3.63) is 30.1 Å². The Morgan fingerprint density at radius 1 is 1.04 bits per heavy atom. The van der Waals surface area contributed by atoms with Crippen LogP contribution in [0.5, 0.6) is 0 Å². The van der Waals surface area contributed by atoms with Crippen molar-refractivity contribution in [1.29, 1.82) is 0 Å². The normalized spacial score (nSPS) is 27.9. The zero-order chi connectivity index (χ0) is 16.2. The molecule has 2 nitrogen and oxygen atoms in total. The van der Waals surface area contributed by atoms with Gasteiger partial charge in [-0.15, -0.1) is 0 Å². The predicted molar refractivity (Wildman–Crippen MR) is 98.9 cm³/mol. The smallest absolute Gasteiger partial charge is 0.123 e. The molecular formula is C19H29FN2S. The van der Waals surface area contributed by atoms with E-state index in [9.17, 15) is 4.39 Å². The summed E-state index contributed by atoms with van der Waals surface area (Å²) in [4.78, 5) is 5.06. The number of thiol groups is 1. The molecule has 2 aliphatic rings. The summed E-state index contributed by atoms with van der Waals surface area (Å²) in [6.07, 6.45) is 5.42. The molecule has 1 aromatic carbocycles. The maximum Gasteiger partial charge on any atom is 0.123 e. The number of benzene rings is 1. The third-order valence-corrected chi connectivity index (χ3v) is 6.43. The van der Waals surface area contributed by atoms with Gasteiger partial charge in [-0.05, 0) is 67.5 Å². The van der Waals surface area contributed by atoms with E-state index < -0.39 is 0 Å². The molecule has 1 saturated heterocycles. The Morgan fingerprint density at radius 3 is 2.22 bits per heavy atom. The van der Waals surface area contributed by atoms with Crippen LogP contribution in [0.25, 0.3) is 0 Å². The van der Waals surface area contributed by atoms with Gasteiger partial charge in [0.2, 0.25) is 0 Å². The summed E-state index contributed by atoms with van der Waals surface area (Å²) in [5.74, 6) is 2.50. The highest BCUT2D eigenvalue weighted by atomic mass is 32.1. The van der Waals surface area contributed by atoms with Crippen molar-refractivity contribution < 1.29 is 4.39 Å². The van der Waals surface area contributed by atoms with Gasteiger partial charge in [0.05, 0.1) is 0 Å². The van der Waals surface area contributed by atoms with Crippen molar-refractivity contribution in [1.82, 2.24) is 4.90 Å². The Balaban J connectivity index is 1.47. The van der Waals surface area contributed by atoms with Gasteiger partial charge >= 0.3 is 0 Å². The van der Waals surface area contributed by atoms with Gasteiger partial charge in [-0.1, -0.05) is 6.92 Å². The second kappa shape index (κ2) is 7.89. The number of anilines is 1. The average molecular weight is 337 g/mol. The van der Waals surface area contributed by atoms with Crippen molar-refractivity contribution in [3.63, 3.8) is 0 Å². The molecular weight excluding hydrogens is 307 g/mol. The number of nitrogens with zero attached hydrogens (tertiary/aromatic N) is 2. The van der Waals surface area contributed by atoms with Crippen LogP contribution in [-0.4, -0.2) is 42.9 Å². The lowest BCUT2D eigenvalue weighted by Crippen LogP contribution is -2.51. The van der Waals surface area contributed by atoms with Crippen LogP contribution in [0.1, 0.15) is 32.6 Å². The van der Waals surface area contributed by atoms with Gasteiger partial charge < -0.3 is 4.90 Å². The summed E-state index contributed by atoms with van der Waals surface area (Å²) in [6, 6.07) is 7.69. The number of rotatable bonds is 4. The van der Waals surface area contributed by atoms with Crippen LogP contribution < -0.4 is 4.90 Å². The van der Waals surface area contributed by atoms with Crippen molar-refractivity contribution in [2.75, 3.05) is 36.8 Å². The molecule has 1 aromatic rings. The maximum atomic E-state index is 13.0. The van der Waals surface area contributed by atoms with E-state index in [1.54, 1.807) is 12.1 Å². The highest BCUT2D eigenvalue weighted by molar-refractivity contribution is 7.80. The first-order valence-corrected chi connectivity index (χ1v) is 9.66. The van der Waals surface area contributed by atoms with Crippen LogP contribution in [-0.2, 0) is 0 Å². The summed E-state index contributed by atoms with van der Waals surface area (Å²) >= 11 is 4.46. The van der Waals surface area contributed by atoms with Crippen LogP contribution in [0.3, 0.4) is 0 Å². The molecule has 0 bridgehead atoms. The third-order valence-electron chi connectivity index (χ3n) is 5.86. The van der Waals surface area contributed by atoms with Crippen LogP contribution in [0, 0.1) is 17.7 Å². The molecule has 1 aliphatic carbocycles. The molecule has 4 heteroatoms. The molecule has 128 valence electrons. The van der Waals surface area contributed by atoms with Gasteiger partial charge in [0.1, 0.15) is 5.82 Å². The second-order valence-electron chi connectivity index (χ2n) is 7.23. The first-order valence-electron chi connectivity index (χ1n) is 9.03. The van der Waals surface area contributed by atoms with Crippen molar-refractivity contribution in [2.45, 2.75) is 38.6 Å². The highest BCUT2D eigenvalue weighted by Gasteiger charge is 2.29. The first kappa shape index (κ1) is 17.1. The van der Waals surface area contributed by atoms with E-state index in [0.29, 0.717) is 0 Å². The molecule has 1 heterocycles. The van der Waals surface area contributed by atoms with Gasteiger partial charge in [0, 0.05) is 37.9 Å². The predicted octanol–water partition coefficient (Wildman–Crippen LogP) is 4.07. The number of piperazine rings is 1. The Kier molecular flexibility index (Phi) is 5.86. The number of hydrogen-bond donors (Lipinski definition) is 1. The summed E-state index contributed by atoms with van der Waals surface area (Å²) in [6.45, 7) is 6.72. The molecule has 1 unspecified atom stereocenters. The van der Waals surface area contributed by atoms with E-state index >= 15 is 0 Å². The molecule has 0 radical (unpaired) electrons. The SMILES string of the molecule is CC(CS)[C@H]1CC[C@H](N2CCN(c3ccc(F)cc3)CC2)CC1. The van der Waals surface area contributed by atoms with Gasteiger partial charge in [0.25, 0.3) is 0 Å². The fraction of sp³-hybridized carbons (Fsp3) is 0.684. The van der Waals surface area contributed by atoms with Gasteiger partial charge in [0.15, 0.2) is 0 Å². The molecule has 0 amide bonds. The standard InChI is InChI=1S/C19H29FN2S/c1-15(14-23)16-2-6-18(7-3-16)21-10-12-22(13-11-21)19-8-4-17(20)5-9-19/h4-5,8-9,15-16,18,23H,2-3,6-7,10-14H2,1H3/t15?,16-,18-. The third kappa shape index (κ3) is 4.21. The lowest BCUT2D eigenvalue weighted by molar-refractivity contribution is 0.118. The molecule has 1 saturated carbocycles. The van der Waals surface area contributed by atoms with Crippen LogP contribution in [0.4, 0.5) is 10.1 Å². The Labute approximate surface area is 145 Å². The van der Waals surface area contributed by atoms with Crippen molar-refractivity contribution >= 4 is 18.3 Å². The molecule has 23 heavy (non-hydrogen) atoms. The van der Waals surface area contributed by atoms with E-state index in [1.165, 1.54) is 25.7 Å². The van der Waals surface area contributed by atoms with E-state index in [-0.39, 0.29) is 5.82 Å². The van der Waals surface area contributed by atoms with Gasteiger partial charge in [-0.2, -0.15) is 12.6 Å². The van der Waals surface area contributed by atoms with Gasteiger partial charge in [-0.3, -0.25) is 4.90 Å². The lowest BCUT2D eigenvalue weighted by Gasteiger charge is -2.43. The molecule has 1 aliphatic heterocycles. The largest absolute Gasteiger partial charge is 0.369 e. The molecule has 2 fully saturated rings. The van der Waals surface area contributed by atoms with E-state index in [1.807, 2.05) is 12.1 Å². The molecule has 0 N–H and O–H groups in total. The Morgan fingerprint density at radius 2 is 1.65 bits per heavy atom. The topological polar surface area (TPSA) is 6.48 Å². The summed E-state index contributed by atoms with van der Waals surface area (Å²) in [5.41, 5.74) is 1.15.